The van der Waals surface area contributed by atoms with E-state index in [1.807, 2.05) is 17.0 Å². The number of ether oxygens (including phenoxy) is 1. The van der Waals surface area contributed by atoms with Gasteiger partial charge in [0.05, 0.1) is 25.6 Å². The Morgan fingerprint density at radius 2 is 1.86 bits per heavy atom. The maximum absolute atomic E-state index is 13.1. The second-order valence-corrected chi connectivity index (χ2v) is 8.31. The van der Waals surface area contributed by atoms with Gasteiger partial charge < -0.3 is 4.74 Å². The van der Waals surface area contributed by atoms with E-state index in [1.54, 1.807) is 23.5 Å². The van der Waals surface area contributed by atoms with Gasteiger partial charge in [0.2, 0.25) is 0 Å². The molecule has 0 aliphatic carbocycles. The lowest BCUT2D eigenvalue weighted by molar-refractivity contribution is -0.119. The molecular weight excluding hydrogens is 304 g/mol. The third-order valence-electron chi connectivity index (χ3n) is 4.22. The lowest BCUT2D eigenvalue weighted by atomic mass is 10.1. The average molecular weight is 322 g/mol. The Hall–Kier alpha value is -0.690. The van der Waals surface area contributed by atoms with E-state index in [0.29, 0.717) is 6.67 Å². The van der Waals surface area contributed by atoms with E-state index in [1.165, 1.54) is 5.56 Å². The predicted octanol–water partition coefficient (Wildman–Crippen LogP) is 1.96. The van der Waals surface area contributed by atoms with E-state index < -0.39 is 0 Å². The van der Waals surface area contributed by atoms with Crippen molar-refractivity contribution in [2.45, 2.75) is 4.08 Å². The first-order valence-electron chi connectivity index (χ1n) is 7.31. The minimum atomic E-state index is -0.386. The van der Waals surface area contributed by atoms with E-state index in [4.69, 9.17) is 4.74 Å². The summed E-state index contributed by atoms with van der Waals surface area (Å²) in [6.45, 7) is 4.01. The predicted molar refractivity (Wildman–Crippen MR) is 87.8 cm³/mol. The van der Waals surface area contributed by atoms with E-state index >= 15 is 0 Å². The molecule has 6 heteroatoms. The molecular formula is C15H18N2O2S2. The van der Waals surface area contributed by atoms with Crippen molar-refractivity contribution < 1.29 is 9.53 Å². The molecule has 1 aromatic carbocycles. The van der Waals surface area contributed by atoms with Gasteiger partial charge in [-0.1, -0.05) is 18.2 Å². The lowest BCUT2D eigenvalue weighted by Crippen LogP contribution is -2.47. The maximum atomic E-state index is 13.1. The molecule has 4 rings (SSSR count). The summed E-state index contributed by atoms with van der Waals surface area (Å²) in [5.74, 6) is 2.36. The van der Waals surface area contributed by atoms with Gasteiger partial charge in [0.25, 0.3) is 5.91 Å². The molecule has 2 saturated heterocycles. The van der Waals surface area contributed by atoms with Crippen molar-refractivity contribution >= 4 is 35.1 Å². The standard InChI is InChI=1S/C15H18N2O2S2/c18-14-15(20-9-10-21-15)12-3-1-2-4-13(12)17(14)11-16-5-7-19-8-6-16/h1-4H,5-11H2. The lowest BCUT2D eigenvalue weighted by Gasteiger charge is -2.31. The summed E-state index contributed by atoms with van der Waals surface area (Å²) in [5, 5.41) is 0. The molecule has 0 unspecified atom stereocenters. The number of nitrogens with zero attached hydrogens (tertiary/aromatic N) is 2. The molecule has 3 aliphatic heterocycles. The number of carbonyl (C=O) groups is 1. The molecule has 0 atom stereocenters. The number of thioether (sulfide) groups is 2. The summed E-state index contributed by atoms with van der Waals surface area (Å²) < 4.78 is 5.01. The fourth-order valence-corrected chi connectivity index (χ4v) is 6.36. The van der Waals surface area contributed by atoms with E-state index in [0.717, 1.165) is 43.5 Å². The highest BCUT2D eigenvalue weighted by Gasteiger charge is 2.54. The molecule has 0 N–H and O–H groups in total. The SMILES string of the molecule is O=C1N(CN2CCOCC2)c2ccccc2C12SCCS2. The van der Waals surface area contributed by atoms with Crippen LogP contribution in [0.2, 0.25) is 0 Å². The number of morpholine rings is 1. The molecule has 21 heavy (non-hydrogen) atoms. The largest absolute Gasteiger partial charge is 0.379 e. The van der Waals surface area contributed by atoms with Crippen LogP contribution in [0.1, 0.15) is 5.56 Å². The van der Waals surface area contributed by atoms with Crippen LogP contribution in [-0.2, 0) is 13.6 Å². The summed E-state index contributed by atoms with van der Waals surface area (Å²) in [4.78, 5) is 17.4. The van der Waals surface area contributed by atoms with Gasteiger partial charge in [0, 0.05) is 30.2 Å². The highest BCUT2D eigenvalue weighted by molar-refractivity contribution is 8.21. The first-order valence-corrected chi connectivity index (χ1v) is 9.28. The van der Waals surface area contributed by atoms with E-state index in [2.05, 4.69) is 17.0 Å². The Morgan fingerprint density at radius 1 is 1.14 bits per heavy atom. The molecule has 2 fully saturated rings. The number of carbonyl (C=O) groups excluding carboxylic acids is 1. The Morgan fingerprint density at radius 3 is 2.62 bits per heavy atom. The normalized spacial score (nSPS) is 24.8. The number of fused-ring (bicyclic) bond motifs is 2. The zero-order chi connectivity index (χ0) is 14.3. The minimum absolute atomic E-state index is 0.252. The van der Waals surface area contributed by atoms with Crippen LogP contribution in [-0.4, -0.2) is 55.3 Å². The van der Waals surface area contributed by atoms with Crippen molar-refractivity contribution in [1.29, 1.82) is 0 Å². The fourth-order valence-electron chi connectivity index (χ4n) is 3.16. The van der Waals surface area contributed by atoms with Crippen LogP contribution in [0.4, 0.5) is 5.69 Å². The van der Waals surface area contributed by atoms with Gasteiger partial charge in [-0.25, -0.2) is 0 Å². The van der Waals surface area contributed by atoms with E-state index in [-0.39, 0.29) is 9.99 Å². The van der Waals surface area contributed by atoms with Crippen LogP contribution >= 0.6 is 23.5 Å². The van der Waals surface area contributed by atoms with Crippen LogP contribution in [0.5, 0.6) is 0 Å². The molecule has 1 amide bonds. The topological polar surface area (TPSA) is 32.8 Å². The molecule has 0 saturated carbocycles. The number of anilines is 1. The second kappa shape index (κ2) is 5.50. The van der Waals surface area contributed by atoms with Crippen LogP contribution in [0, 0.1) is 0 Å². The van der Waals surface area contributed by atoms with Crippen LogP contribution in [0.3, 0.4) is 0 Å². The molecule has 112 valence electrons. The highest BCUT2D eigenvalue weighted by Crippen LogP contribution is 2.59. The zero-order valence-electron chi connectivity index (χ0n) is 11.8. The van der Waals surface area contributed by atoms with Gasteiger partial charge in [-0.15, -0.1) is 23.5 Å². The van der Waals surface area contributed by atoms with Gasteiger partial charge in [-0.05, 0) is 6.07 Å². The smallest absolute Gasteiger partial charge is 0.259 e. The molecule has 4 nitrogen and oxygen atoms in total. The van der Waals surface area contributed by atoms with Crippen LogP contribution in [0.15, 0.2) is 24.3 Å². The average Bonchev–Trinajstić information content (AvgIpc) is 3.11. The van der Waals surface area contributed by atoms with Gasteiger partial charge in [0.1, 0.15) is 0 Å². The van der Waals surface area contributed by atoms with Gasteiger partial charge in [-0.2, -0.15) is 0 Å². The second-order valence-electron chi connectivity index (χ2n) is 5.44. The van der Waals surface area contributed by atoms with E-state index in [9.17, 15) is 4.79 Å². The molecule has 1 aromatic rings. The minimum Gasteiger partial charge on any atom is -0.379 e. The van der Waals surface area contributed by atoms with Crippen molar-refractivity contribution in [2.24, 2.45) is 0 Å². The van der Waals surface area contributed by atoms with Gasteiger partial charge in [-0.3, -0.25) is 14.6 Å². The third-order valence-corrected chi connectivity index (χ3v) is 7.60. The number of rotatable bonds is 2. The summed E-state index contributed by atoms with van der Waals surface area (Å²) in [6.07, 6.45) is 0. The Bertz CT molecular complexity index is 554. The third kappa shape index (κ3) is 2.20. The molecule has 0 bridgehead atoms. The van der Waals surface area contributed by atoms with Crippen molar-refractivity contribution in [1.82, 2.24) is 4.90 Å². The first kappa shape index (κ1) is 13.9. The Labute approximate surface area is 133 Å². The Kier molecular flexibility index (Phi) is 3.65. The Balaban J connectivity index is 1.66. The van der Waals surface area contributed by atoms with Gasteiger partial charge in [0.15, 0.2) is 4.08 Å². The molecule has 0 aromatic heterocycles. The first-order chi connectivity index (χ1) is 10.3. The molecule has 1 spiro atoms. The number of benzene rings is 1. The van der Waals surface area contributed by atoms with Gasteiger partial charge >= 0.3 is 0 Å². The summed E-state index contributed by atoms with van der Waals surface area (Å²) in [5.41, 5.74) is 2.28. The number of amides is 1. The number of hydrogen-bond acceptors (Lipinski definition) is 5. The summed E-state index contributed by atoms with van der Waals surface area (Å²) in [6, 6.07) is 8.28. The van der Waals surface area contributed by atoms with Crippen molar-refractivity contribution in [3.63, 3.8) is 0 Å². The fraction of sp³-hybridized carbons (Fsp3) is 0.533. The maximum Gasteiger partial charge on any atom is 0.259 e. The molecule has 0 radical (unpaired) electrons. The highest BCUT2D eigenvalue weighted by atomic mass is 32.2. The van der Waals surface area contributed by atoms with Crippen LogP contribution in [0.25, 0.3) is 0 Å². The molecule has 3 aliphatic rings. The number of hydrogen-bond donors (Lipinski definition) is 0. The quantitative estimate of drug-likeness (QED) is 0.831. The molecule has 3 heterocycles. The zero-order valence-corrected chi connectivity index (χ0v) is 13.4. The number of para-hydroxylation sites is 1. The van der Waals surface area contributed by atoms with Crippen molar-refractivity contribution in [2.75, 3.05) is 49.4 Å². The van der Waals surface area contributed by atoms with Crippen molar-refractivity contribution in [3.8, 4) is 0 Å². The monoisotopic (exact) mass is 322 g/mol. The summed E-state index contributed by atoms with van der Waals surface area (Å²) >= 11 is 3.59. The van der Waals surface area contributed by atoms with Crippen LogP contribution < -0.4 is 4.90 Å². The van der Waals surface area contributed by atoms with Crippen molar-refractivity contribution in [3.05, 3.63) is 29.8 Å². The summed E-state index contributed by atoms with van der Waals surface area (Å²) in [7, 11) is 0.